The Kier molecular flexibility index (Phi) is 3.47. The van der Waals surface area contributed by atoms with Crippen LogP contribution in [0.2, 0.25) is 5.02 Å². The monoisotopic (exact) mass is 304 g/mol. The summed E-state index contributed by atoms with van der Waals surface area (Å²) in [5.74, 6) is -0.183. The molecule has 0 atom stereocenters. The molecule has 0 unspecified atom stereocenters. The number of benzene rings is 1. The third kappa shape index (κ3) is 2.74. The molecule has 8 heteroatoms. The number of aromatic nitrogens is 1. The van der Waals surface area contributed by atoms with Crippen molar-refractivity contribution in [1.82, 2.24) is 4.98 Å². The van der Waals surface area contributed by atoms with E-state index < -0.39 is 10.0 Å². The SMILES string of the molecule is Cc1ncc(S(=O)(=O)Nc2ccc(Cl)c(O)c2)s1. The first kappa shape index (κ1) is 13.1. The molecule has 0 aliphatic heterocycles. The lowest BCUT2D eigenvalue weighted by Crippen LogP contribution is -2.11. The van der Waals surface area contributed by atoms with E-state index in [0.29, 0.717) is 5.01 Å². The van der Waals surface area contributed by atoms with Gasteiger partial charge in [-0.15, -0.1) is 11.3 Å². The second-order valence-corrected chi connectivity index (χ2v) is 7.02. The van der Waals surface area contributed by atoms with Gasteiger partial charge >= 0.3 is 0 Å². The van der Waals surface area contributed by atoms with Crippen molar-refractivity contribution >= 4 is 38.6 Å². The standard InChI is InChI=1S/C10H9ClN2O3S2/c1-6-12-5-10(17-6)18(15,16)13-7-2-3-8(11)9(14)4-7/h2-5,13-14H,1H3. The Labute approximate surface area is 113 Å². The van der Waals surface area contributed by atoms with Gasteiger partial charge in [-0.25, -0.2) is 13.4 Å². The number of aromatic hydroxyl groups is 1. The van der Waals surface area contributed by atoms with E-state index in [9.17, 15) is 13.5 Å². The van der Waals surface area contributed by atoms with Gasteiger partial charge in [-0.2, -0.15) is 0 Å². The van der Waals surface area contributed by atoms with Crippen molar-refractivity contribution in [1.29, 1.82) is 0 Å². The van der Waals surface area contributed by atoms with Crippen LogP contribution in [0.3, 0.4) is 0 Å². The Morgan fingerprint density at radius 2 is 2.17 bits per heavy atom. The number of aryl methyl sites for hydroxylation is 1. The number of nitrogens with zero attached hydrogens (tertiary/aromatic N) is 1. The van der Waals surface area contributed by atoms with Gasteiger partial charge in [0, 0.05) is 6.07 Å². The van der Waals surface area contributed by atoms with Crippen molar-refractivity contribution in [2.24, 2.45) is 0 Å². The highest BCUT2D eigenvalue weighted by atomic mass is 35.5. The molecule has 0 fully saturated rings. The zero-order valence-electron chi connectivity index (χ0n) is 9.21. The molecule has 18 heavy (non-hydrogen) atoms. The molecular formula is C10H9ClN2O3S2. The zero-order valence-corrected chi connectivity index (χ0v) is 11.6. The molecule has 0 aliphatic rings. The number of anilines is 1. The molecule has 1 aromatic carbocycles. The molecule has 0 saturated heterocycles. The summed E-state index contributed by atoms with van der Waals surface area (Å²) < 4.78 is 26.4. The summed E-state index contributed by atoms with van der Waals surface area (Å²) in [6.07, 6.45) is 1.29. The second kappa shape index (κ2) is 4.75. The molecule has 2 aromatic rings. The highest BCUT2D eigenvalue weighted by molar-refractivity contribution is 7.94. The molecule has 1 aromatic heterocycles. The predicted octanol–water partition coefficient (Wildman–Crippen LogP) is 2.61. The molecule has 96 valence electrons. The maximum atomic E-state index is 12.0. The summed E-state index contributed by atoms with van der Waals surface area (Å²) in [6.45, 7) is 1.72. The van der Waals surface area contributed by atoms with Crippen LogP contribution in [0, 0.1) is 6.92 Å². The third-order valence-corrected chi connectivity index (χ3v) is 5.14. The van der Waals surface area contributed by atoms with E-state index in [1.165, 1.54) is 24.4 Å². The molecule has 0 amide bonds. The lowest BCUT2D eigenvalue weighted by atomic mass is 10.3. The minimum Gasteiger partial charge on any atom is -0.506 e. The Morgan fingerprint density at radius 1 is 1.44 bits per heavy atom. The van der Waals surface area contributed by atoms with Gasteiger partial charge in [0.25, 0.3) is 10.0 Å². The minimum absolute atomic E-state index is 0.120. The van der Waals surface area contributed by atoms with E-state index in [2.05, 4.69) is 9.71 Å². The summed E-state index contributed by atoms with van der Waals surface area (Å²) in [5.41, 5.74) is 0.239. The molecule has 2 rings (SSSR count). The number of phenols is 1. The van der Waals surface area contributed by atoms with Gasteiger partial charge < -0.3 is 5.11 Å². The number of hydrogen-bond donors (Lipinski definition) is 2. The smallest absolute Gasteiger partial charge is 0.273 e. The van der Waals surface area contributed by atoms with Crippen molar-refractivity contribution in [3.8, 4) is 5.75 Å². The van der Waals surface area contributed by atoms with Gasteiger partial charge in [0.2, 0.25) is 0 Å². The molecule has 2 N–H and O–H groups in total. The van der Waals surface area contributed by atoms with Crippen LogP contribution in [0.1, 0.15) is 5.01 Å². The largest absolute Gasteiger partial charge is 0.506 e. The molecule has 1 heterocycles. The number of hydrogen-bond acceptors (Lipinski definition) is 5. The number of sulfonamides is 1. The van der Waals surface area contributed by atoms with Crippen molar-refractivity contribution in [2.45, 2.75) is 11.1 Å². The number of rotatable bonds is 3. The maximum absolute atomic E-state index is 12.0. The maximum Gasteiger partial charge on any atom is 0.273 e. The Morgan fingerprint density at radius 3 is 2.72 bits per heavy atom. The number of phenolic OH excluding ortho intramolecular Hbond substituents is 1. The summed E-state index contributed by atoms with van der Waals surface area (Å²) in [5, 5.41) is 10.2. The Balaban J connectivity index is 2.30. The van der Waals surface area contributed by atoms with Gasteiger partial charge in [-0.3, -0.25) is 4.72 Å². The van der Waals surface area contributed by atoms with Gasteiger partial charge in [-0.1, -0.05) is 11.6 Å². The predicted molar refractivity (Wildman–Crippen MR) is 70.8 cm³/mol. The summed E-state index contributed by atoms with van der Waals surface area (Å²) in [6, 6.07) is 4.12. The van der Waals surface area contributed by atoms with Crippen molar-refractivity contribution in [2.75, 3.05) is 4.72 Å². The van der Waals surface area contributed by atoms with Crippen LogP contribution >= 0.6 is 22.9 Å². The van der Waals surface area contributed by atoms with Crippen LogP contribution < -0.4 is 4.72 Å². The van der Waals surface area contributed by atoms with E-state index >= 15 is 0 Å². The average Bonchev–Trinajstić information content (AvgIpc) is 2.71. The van der Waals surface area contributed by atoms with E-state index in [4.69, 9.17) is 11.6 Å². The van der Waals surface area contributed by atoms with E-state index in [-0.39, 0.29) is 20.7 Å². The normalized spacial score (nSPS) is 11.4. The first-order valence-electron chi connectivity index (χ1n) is 4.82. The zero-order chi connectivity index (χ0) is 13.3. The lowest BCUT2D eigenvalue weighted by Gasteiger charge is -2.06. The van der Waals surface area contributed by atoms with Crippen molar-refractivity contribution < 1.29 is 13.5 Å². The highest BCUT2D eigenvalue weighted by Crippen LogP contribution is 2.28. The van der Waals surface area contributed by atoms with Gasteiger partial charge in [0.1, 0.15) is 5.75 Å². The number of nitrogens with one attached hydrogen (secondary N) is 1. The van der Waals surface area contributed by atoms with Crippen LogP contribution in [-0.4, -0.2) is 18.5 Å². The molecule has 0 bridgehead atoms. The van der Waals surface area contributed by atoms with E-state index in [1.54, 1.807) is 6.92 Å². The van der Waals surface area contributed by atoms with Gasteiger partial charge in [0.05, 0.1) is 21.9 Å². The molecule has 0 radical (unpaired) electrons. The number of halogens is 1. The minimum atomic E-state index is -3.67. The first-order valence-corrected chi connectivity index (χ1v) is 7.50. The highest BCUT2D eigenvalue weighted by Gasteiger charge is 2.17. The van der Waals surface area contributed by atoms with Crippen LogP contribution in [0.15, 0.2) is 28.6 Å². The fourth-order valence-corrected chi connectivity index (χ4v) is 3.52. The molecule has 0 spiro atoms. The van der Waals surface area contributed by atoms with Crippen molar-refractivity contribution in [3.05, 3.63) is 34.4 Å². The summed E-state index contributed by atoms with van der Waals surface area (Å²) in [4.78, 5) is 3.89. The summed E-state index contributed by atoms with van der Waals surface area (Å²) in [7, 11) is -3.67. The topological polar surface area (TPSA) is 79.3 Å². The van der Waals surface area contributed by atoms with E-state index in [0.717, 1.165) is 11.3 Å². The van der Waals surface area contributed by atoms with Gasteiger partial charge in [0.15, 0.2) is 4.21 Å². The van der Waals surface area contributed by atoms with Crippen LogP contribution in [0.4, 0.5) is 5.69 Å². The molecule has 0 saturated carbocycles. The average molecular weight is 305 g/mol. The van der Waals surface area contributed by atoms with Crippen LogP contribution in [0.25, 0.3) is 0 Å². The first-order chi connectivity index (χ1) is 8.38. The van der Waals surface area contributed by atoms with Crippen molar-refractivity contribution in [3.63, 3.8) is 0 Å². The quantitative estimate of drug-likeness (QED) is 0.913. The Hall–Kier alpha value is -1.31. The fraction of sp³-hybridized carbons (Fsp3) is 0.100. The molecular weight excluding hydrogens is 296 g/mol. The van der Waals surface area contributed by atoms with E-state index in [1.807, 2.05) is 0 Å². The Bertz CT molecular complexity index is 682. The fourth-order valence-electron chi connectivity index (χ4n) is 1.25. The molecule has 0 aliphatic carbocycles. The second-order valence-electron chi connectivity index (χ2n) is 3.47. The van der Waals surface area contributed by atoms with Crippen LogP contribution in [-0.2, 0) is 10.0 Å². The lowest BCUT2D eigenvalue weighted by molar-refractivity contribution is 0.476. The molecule has 5 nitrogen and oxygen atoms in total. The number of thiazole rings is 1. The summed E-state index contributed by atoms with van der Waals surface area (Å²) >= 11 is 6.71. The van der Waals surface area contributed by atoms with Gasteiger partial charge in [-0.05, 0) is 19.1 Å². The third-order valence-electron chi connectivity index (χ3n) is 2.06. The van der Waals surface area contributed by atoms with Crippen LogP contribution in [0.5, 0.6) is 5.75 Å².